The summed E-state index contributed by atoms with van der Waals surface area (Å²) < 4.78 is 16.7. The molecule has 0 aliphatic carbocycles. The molecule has 0 N–H and O–H groups in total. The molecule has 0 saturated carbocycles. The molecule has 0 amide bonds. The largest absolute Gasteiger partial charge is 0.462 e. The summed E-state index contributed by atoms with van der Waals surface area (Å²) in [5, 5.41) is 0. The summed E-state index contributed by atoms with van der Waals surface area (Å²) in [6, 6.07) is 0. The van der Waals surface area contributed by atoms with Crippen LogP contribution in [0.2, 0.25) is 0 Å². The van der Waals surface area contributed by atoms with Gasteiger partial charge in [0.1, 0.15) is 13.2 Å². The molecule has 0 aromatic rings. The monoisotopic (exact) mass is 765 g/mol. The number of rotatable bonds is 41. The number of ether oxygens (including phenoxy) is 3. The van der Waals surface area contributed by atoms with Crippen molar-refractivity contribution in [2.75, 3.05) is 13.2 Å². The van der Waals surface area contributed by atoms with E-state index in [2.05, 4.69) is 41.5 Å². The number of carbonyl (C=O) groups excluding carboxylic acids is 3. The van der Waals surface area contributed by atoms with Crippen LogP contribution in [0.15, 0.2) is 0 Å². The number of carbonyl (C=O) groups is 3. The van der Waals surface area contributed by atoms with Gasteiger partial charge < -0.3 is 14.2 Å². The van der Waals surface area contributed by atoms with Gasteiger partial charge in [0.05, 0.1) is 0 Å². The van der Waals surface area contributed by atoms with Crippen molar-refractivity contribution in [3.63, 3.8) is 0 Å². The number of hydrogen-bond acceptors (Lipinski definition) is 6. The molecule has 54 heavy (non-hydrogen) atoms. The lowest BCUT2D eigenvalue weighted by Crippen LogP contribution is -2.30. The van der Waals surface area contributed by atoms with Crippen molar-refractivity contribution < 1.29 is 28.6 Å². The van der Waals surface area contributed by atoms with Crippen molar-refractivity contribution in [1.29, 1.82) is 0 Å². The molecule has 0 saturated heterocycles. The van der Waals surface area contributed by atoms with E-state index >= 15 is 0 Å². The Balaban J connectivity index is 4.35. The minimum atomic E-state index is -0.762. The molecule has 0 aromatic heterocycles. The summed E-state index contributed by atoms with van der Waals surface area (Å²) in [6.07, 6.45) is 36.6. The molecule has 1 unspecified atom stereocenters. The van der Waals surface area contributed by atoms with Crippen molar-refractivity contribution in [1.82, 2.24) is 0 Å². The quantitative estimate of drug-likeness (QED) is 0.0350. The summed E-state index contributed by atoms with van der Waals surface area (Å²) in [7, 11) is 0. The molecule has 0 radical (unpaired) electrons. The van der Waals surface area contributed by atoms with Gasteiger partial charge in [-0.05, 0) is 37.0 Å². The lowest BCUT2D eigenvalue weighted by molar-refractivity contribution is -0.167. The molecule has 0 spiro atoms. The average molecular weight is 765 g/mol. The zero-order valence-electron chi connectivity index (χ0n) is 37.0. The minimum Gasteiger partial charge on any atom is -0.462 e. The van der Waals surface area contributed by atoms with Gasteiger partial charge in [-0.15, -0.1) is 0 Å². The minimum absolute atomic E-state index is 0.0662. The van der Waals surface area contributed by atoms with E-state index in [0.29, 0.717) is 19.3 Å². The van der Waals surface area contributed by atoms with E-state index in [4.69, 9.17) is 14.2 Å². The topological polar surface area (TPSA) is 78.9 Å². The Hall–Kier alpha value is -1.59. The number of hydrogen-bond donors (Lipinski definition) is 0. The van der Waals surface area contributed by atoms with Crippen LogP contribution in [-0.4, -0.2) is 37.2 Å². The second-order valence-corrected chi connectivity index (χ2v) is 17.6. The normalized spacial score (nSPS) is 12.7. The molecule has 0 heterocycles. The van der Waals surface area contributed by atoms with E-state index in [1.54, 1.807) is 0 Å². The third kappa shape index (κ3) is 40.1. The van der Waals surface area contributed by atoms with Crippen LogP contribution in [0.25, 0.3) is 0 Å². The molecule has 0 rings (SSSR count). The smallest absolute Gasteiger partial charge is 0.306 e. The van der Waals surface area contributed by atoms with Gasteiger partial charge in [-0.25, -0.2) is 0 Å². The lowest BCUT2D eigenvalue weighted by atomic mass is 9.99. The summed E-state index contributed by atoms with van der Waals surface area (Å²) >= 11 is 0. The molecular formula is C48H92O6. The van der Waals surface area contributed by atoms with Crippen LogP contribution in [-0.2, 0) is 28.6 Å². The fourth-order valence-electron chi connectivity index (χ4n) is 7.02. The van der Waals surface area contributed by atoms with E-state index in [-0.39, 0.29) is 31.1 Å². The van der Waals surface area contributed by atoms with Crippen LogP contribution >= 0.6 is 0 Å². The zero-order chi connectivity index (χ0) is 39.9. The third-order valence-corrected chi connectivity index (χ3v) is 11.0. The lowest BCUT2D eigenvalue weighted by Gasteiger charge is -2.18. The van der Waals surface area contributed by atoms with Crippen LogP contribution in [0.4, 0.5) is 0 Å². The van der Waals surface area contributed by atoms with E-state index in [1.165, 1.54) is 135 Å². The SMILES string of the molecule is CCC(C)CCCCCCCCCCC(=O)O[C@@H](COC(=O)CCCCCCCCCCCCC(C)C)COC(=O)CCCCCCCCCCC(C)C. The van der Waals surface area contributed by atoms with Gasteiger partial charge in [0.15, 0.2) is 6.10 Å². The van der Waals surface area contributed by atoms with Crippen molar-refractivity contribution >= 4 is 17.9 Å². The maximum absolute atomic E-state index is 12.7. The van der Waals surface area contributed by atoms with Gasteiger partial charge >= 0.3 is 17.9 Å². The molecular weight excluding hydrogens is 673 g/mol. The standard InChI is InChI=1S/C48H92O6/c1-7-44(6)36-30-24-18-13-15-21-27-33-39-48(51)54-45(41-53-47(50)38-32-26-20-14-12-17-23-29-35-43(4)5)40-52-46(49)37-31-25-19-11-9-8-10-16-22-28-34-42(2)3/h42-45H,7-41H2,1-6H3/t44?,45-/m0/s1. The highest BCUT2D eigenvalue weighted by Gasteiger charge is 2.19. The van der Waals surface area contributed by atoms with Gasteiger partial charge in [0.25, 0.3) is 0 Å². The first kappa shape index (κ1) is 52.4. The van der Waals surface area contributed by atoms with E-state index in [1.807, 2.05) is 0 Å². The molecule has 0 fully saturated rings. The van der Waals surface area contributed by atoms with Crippen molar-refractivity contribution in [2.24, 2.45) is 17.8 Å². The Bertz CT molecular complexity index is 839. The summed E-state index contributed by atoms with van der Waals surface area (Å²) in [5.41, 5.74) is 0. The Morgan fingerprint density at radius 2 is 0.648 bits per heavy atom. The van der Waals surface area contributed by atoms with Gasteiger partial charge in [0.2, 0.25) is 0 Å². The van der Waals surface area contributed by atoms with Crippen LogP contribution in [0.5, 0.6) is 0 Å². The van der Waals surface area contributed by atoms with E-state index in [0.717, 1.165) is 75.5 Å². The maximum Gasteiger partial charge on any atom is 0.306 e. The van der Waals surface area contributed by atoms with Crippen LogP contribution < -0.4 is 0 Å². The fraction of sp³-hybridized carbons (Fsp3) is 0.938. The molecule has 320 valence electrons. The highest BCUT2D eigenvalue weighted by Crippen LogP contribution is 2.17. The fourth-order valence-corrected chi connectivity index (χ4v) is 7.02. The maximum atomic E-state index is 12.7. The molecule has 0 aliphatic heterocycles. The first-order valence-corrected chi connectivity index (χ1v) is 23.6. The Morgan fingerprint density at radius 1 is 0.370 bits per heavy atom. The highest BCUT2D eigenvalue weighted by atomic mass is 16.6. The molecule has 0 aliphatic rings. The Morgan fingerprint density at radius 3 is 0.963 bits per heavy atom. The Kier molecular flexibility index (Phi) is 38.5. The van der Waals surface area contributed by atoms with Gasteiger partial charge in [-0.2, -0.15) is 0 Å². The van der Waals surface area contributed by atoms with Gasteiger partial charge in [-0.1, -0.05) is 215 Å². The number of esters is 3. The first-order chi connectivity index (χ1) is 26.1. The van der Waals surface area contributed by atoms with Gasteiger partial charge in [-0.3, -0.25) is 14.4 Å². The van der Waals surface area contributed by atoms with Gasteiger partial charge in [0, 0.05) is 19.3 Å². The van der Waals surface area contributed by atoms with Crippen molar-refractivity contribution in [2.45, 2.75) is 260 Å². The molecule has 0 bridgehead atoms. The molecule has 6 nitrogen and oxygen atoms in total. The third-order valence-electron chi connectivity index (χ3n) is 11.0. The van der Waals surface area contributed by atoms with Crippen molar-refractivity contribution in [3.05, 3.63) is 0 Å². The second-order valence-electron chi connectivity index (χ2n) is 17.6. The zero-order valence-corrected chi connectivity index (χ0v) is 37.0. The van der Waals surface area contributed by atoms with Crippen molar-refractivity contribution in [3.8, 4) is 0 Å². The predicted octanol–water partition coefficient (Wildman–Crippen LogP) is 14.8. The van der Waals surface area contributed by atoms with E-state index < -0.39 is 6.10 Å². The van der Waals surface area contributed by atoms with Crippen LogP contribution in [0.3, 0.4) is 0 Å². The van der Waals surface area contributed by atoms with E-state index in [9.17, 15) is 14.4 Å². The summed E-state index contributed by atoms with van der Waals surface area (Å²) in [4.78, 5) is 37.8. The Labute approximate surface area is 336 Å². The summed E-state index contributed by atoms with van der Waals surface area (Å²) in [5.74, 6) is 1.60. The molecule has 6 heteroatoms. The van der Waals surface area contributed by atoms with Crippen LogP contribution in [0.1, 0.15) is 253 Å². The second kappa shape index (κ2) is 39.6. The predicted molar refractivity (Wildman–Crippen MR) is 229 cm³/mol. The molecule has 0 aromatic carbocycles. The first-order valence-electron chi connectivity index (χ1n) is 23.6. The summed E-state index contributed by atoms with van der Waals surface area (Å²) in [6.45, 7) is 13.7. The molecule has 2 atom stereocenters. The van der Waals surface area contributed by atoms with Crippen LogP contribution in [0, 0.1) is 17.8 Å². The highest BCUT2D eigenvalue weighted by molar-refractivity contribution is 5.71. The average Bonchev–Trinajstić information content (AvgIpc) is 3.14. The number of unbranched alkanes of at least 4 members (excludes halogenated alkanes) is 23.